The van der Waals surface area contributed by atoms with Crippen molar-refractivity contribution in [3.05, 3.63) is 0 Å². The highest BCUT2D eigenvalue weighted by molar-refractivity contribution is 5.81. The van der Waals surface area contributed by atoms with Crippen molar-refractivity contribution in [1.29, 1.82) is 0 Å². The lowest BCUT2D eigenvalue weighted by atomic mass is 10.0. The standard InChI is InChI=1S/C13H24N2O5/c1-5-15(8-12(18)20-6-2)13(19)14-10(9(3)4)7-11(16)17/h9-10H,5-8H2,1-4H3,(H,14,19)(H,16,17). The summed E-state index contributed by atoms with van der Waals surface area (Å²) >= 11 is 0. The number of amides is 2. The predicted molar refractivity (Wildman–Crippen MR) is 73.3 cm³/mol. The van der Waals surface area contributed by atoms with Crippen LogP contribution in [0.4, 0.5) is 4.79 Å². The number of hydrogen-bond acceptors (Lipinski definition) is 4. The van der Waals surface area contributed by atoms with Gasteiger partial charge in [-0.05, 0) is 19.8 Å². The highest BCUT2D eigenvalue weighted by Crippen LogP contribution is 2.07. The number of carboxylic acids is 1. The monoisotopic (exact) mass is 288 g/mol. The van der Waals surface area contributed by atoms with Gasteiger partial charge in [0.2, 0.25) is 0 Å². The van der Waals surface area contributed by atoms with Gasteiger partial charge in [0.15, 0.2) is 0 Å². The fourth-order valence-corrected chi connectivity index (χ4v) is 1.58. The van der Waals surface area contributed by atoms with E-state index >= 15 is 0 Å². The Kier molecular flexibility index (Phi) is 8.35. The van der Waals surface area contributed by atoms with Gasteiger partial charge >= 0.3 is 18.0 Å². The Balaban J connectivity index is 4.58. The van der Waals surface area contributed by atoms with E-state index in [1.807, 2.05) is 13.8 Å². The summed E-state index contributed by atoms with van der Waals surface area (Å²) in [5, 5.41) is 11.5. The van der Waals surface area contributed by atoms with Gasteiger partial charge in [0.25, 0.3) is 0 Å². The van der Waals surface area contributed by atoms with Crippen LogP contribution in [0.25, 0.3) is 0 Å². The van der Waals surface area contributed by atoms with E-state index in [1.54, 1.807) is 13.8 Å². The molecule has 0 saturated heterocycles. The summed E-state index contributed by atoms with van der Waals surface area (Å²) in [5.74, 6) is -1.47. The van der Waals surface area contributed by atoms with Crippen LogP contribution in [-0.2, 0) is 14.3 Å². The van der Waals surface area contributed by atoms with Crippen molar-refractivity contribution in [3.63, 3.8) is 0 Å². The fraction of sp³-hybridized carbons (Fsp3) is 0.769. The van der Waals surface area contributed by atoms with Gasteiger partial charge < -0.3 is 20.1 Å². The summed E-state index contributed by atoms with van der Waals surface area (Å²) in [7, 11) is 0. The molecular formula is C13H24N2O5. The Hall–Kier alpha value is -1.79. The molecule has 116 valence electrons. The number of nitrogens with zero attached hydrogens (tertiary/aromatic N) is 1. The lowest BCUT2D eigenvalue weighted by Crippen LogP contribution is -2.49. The molecule has 0 aromatic heterocycles. The fourth-order valence-electron chi connectivity index (χ4n) is 1.58. The minimum atomic E-state index is -0.975. The summed E-state index contributed by atoms with van der Waals surface area (Å²) < 4.78 is 4.79. The second-order valence-electron chi connectivity index (χ2n) is 4.72. The first kappa shape index (κ1) is 18.2. The molecule has 0 rings (SSSR count). The van der Waals surface area contributed by atoms with Crippen molar-refractivity contribution in [1.82, 2.24) is 10.2 Å². The molecule has 0 aliphatic heterocycles. The summed E-state index contributed by atoms with van der Waals surface area (Å²) in [6.45, 7) is 7.53. The van der Waals surface area contributed by atoms with Crippen LogP contribution >= 0.6 is 0 Å². The number of nitrogens with one attached hydrogen (secondary N) is 1. The first-order valence-corrected chi connectivity index (χ1v) is 6.74. The molecule has 0 spiro atoms. The zero-order valence-electron chi connectivity index (χ0n) is 12.5. The molecule has 0 radical (unpaired) electrons. The van der Waals surface area contributed by atoms with Crippen LogP contribution in [0.1, 0.15) is 34.1 Å². The zero-order valence-corrected chi connectivity index (χ0v) is 12.5. The molecule has 0 heterocycles. The van der Waals surface area contributed by atoms with E-state index in [-0.39, 0.29) is 25.5 Å². The van der Waals surface area contributed by atoms with Crippen LogP contribution in [-0.4, -0.2) is 53.7 Å². The lowest BCUT2D eigenvalue weighted by molar-refractivity contribution is -0.144. The quantitative estimate of drug-likeness (QED) is 0.652. The Labute approximate surface area is 119 Å². The predicted octanol–water partition coefficient (Wildman–Crippen LogP) is 1.08. The Morgan fingerprint density at radius 2 is 1.85 bits per heavy atom. The molecule has 7 heteroatoms. The molecule has 0 aromatic rings. The van der Waals surface area contributed by atoms with Crippen molar-refractivity contribution < 1.29 is 24.2 Å². The molecule has 20 heavy (non-hydrogen) atoms. The third-order valence-corrected chi connectivity index (χ3v) is 2.80. The van der Waals surface area contributed by atoms with Crippen LogP contribution < -0.4 is 5.32 Å². The largest absolute Gasteiger partial charge is 0.481 e. The average Bonchev–Trinajstić information content (AvgIpc) is 2.34. The molecule has 0 aromatic carbocycles. The van der Waals surface area contributed by atoms with Gasteiger partial charge in [-0.1, -0.05) is 13.8 Å². The Morgan fingerprint density at radius 1 is 1.25 bits per heavy atom. The van der Waals surface area contributed by atoms with Crippen LogP contribution in [0.2, 0.25) is 0 Å². The topological polar surface area (TPSA) is 95.9 Å². The van der Waals surface area contributed by atoms with Gasteiger partial charge in [0.1, 0.15) is 6.54 Å². The maximum Gasteiger partial charge on any atom is 0.325 e. The van der Waals surface area contributed by atoms with Crippen LogP contribution in [0.3, 0.4) is 0 Å². The van der Waals surface area contributed by atoms with Gasteiger partial charge in [-0.15, -0.1) is 0 Å². The highest BCUT2D eigenvalue weighted by atomic mass is 16.5. The Morgan fingerprint density at radius 3 is 2.25 bits per heavy atom. The third kappa shape index (κ3) is 6.96. The maximum atomic E-state index is 12.0. The molecule has 7 nitrogen and oxygen atoms in total. The van der Waals surface area contributed by atoms with E-state index in [0.29, 0.717) is 6.54 Å². The van der Waals surface area contributed by atoms with E-state index in [4.69, 9.17) is 9.84 Å². The Bertz CT molecular complexity index is 344. The normalized spacial score (nSPS) is 11.8. The highest BCUT2D eigenvalue weighted by Gasteiger charge is 2.23. The van der Waals surface area contributed by atoms with Crippen LogP contribution in [0, 0.1) is 5.92 Å². The van der Waals surface area contributed by atoms with Gasteiger partial charge in [-0.2, -0.15) is 0 Å². The van der Waals surface area contributed by atoms with Crippen LogP contribution in [0.15, 0.2) is 0 Å². The molecule has 2 N–H and O–H groups in total. The third-order valence-electron chi connectivity index (χ3n) is 2.80. The number of aliphatic carboxylic acids is 1. The number of esters is 1. The smallest absolute Gasteiger partial charge is 0.325 e. The molecule has 0 aliphatic rings. The van der Waals surface area contributed by atoms with Gasteiger partial charge in [0.05, 0.1) is 13.0 Å². The molecule has 1 atom stereocenters. The minimum Gasteiger partial charge on any atom is -0.481 e. The summed E-state index contributed by atoms with van der Waals surface area (Å²) in [4.78, 5) is 35.4. The number of urea groups is 1. The number of hydrogen-bond donors (Lipinski definition) is 2. The number of carbonyl (C=O) groups excluding carboxylic acids is 2. The van der Waals surface area contributed by atoms with Crippen molar-refractivity contribution >= 4 is 18.0 Å². The number of ether oxygens (including phenoxy) is 1. The van der Waals surface area contributed by atoms with E-state index in [1.165, 1.54) is 4.90 Å². The number of carbonyl (C=O) groups is 3. The van der Waals surface area contributed by atoms with Crippen molar-refractivity contribution in [3.8, 4) is 0 Å². The van der Waals surface area contributed by atoms with Gasteiger partial charge in [-0.3, -0.25) is 9.59 Å². The number of likely N-dealkylation sites (N-methyl/N-ethyl adjacent to an activating group) is 1. The first-order valence-electron chi connectivity index (χ1n) is 6.74. The first-order chi connectivity index (χ1) is 9.31. The molecule has 0 bridgehead atoms. The molecule has 0 fully saturated rings. The molecular weight excluding hydrogens is 264 g/mol. The molecule has 1 unspecified atom stereocenters. The van der Waals surface area contributed by atoms with E-state index in [2.05, 4.69) is 5.32 Å². The average molecular weight is 288 g/mol. The van der Waals surface area contributed by atoms with E-state index in [0.717, 1.165) is 0 Å². The summed E-state index contributed by atoms with van der Waals surface area (Å²) in [6.07, 6.45) is -0.152. The van der Waals surface area contributed by atoms with Crippen LogP contribution in [0.5, 0.6) is 0 Å². The van der Waals surface area contributed by atoms with Crippen molar-refractivity contribution in [2.75, 3.05) is 19.7 Å². The zero-order chi connectivity index (χ0) is 15.7. The summed E-state index contributed by atoms with van der Waals surface area (Å²) in [5.41, 5.74) is 0. The van der Waals surface area contributed by atoms with Crippen molar-refractivity contribution in [2.45, 2.75) is 40.2 Å². The SMILES string of the molecule is CCOC(=O)CN(CC)C(=O)NC(CC(=O)O)C(C)C. The van der Waals surface area contributed by atoms with Crippen molar-refractivity contribution in [2.24, 2.45) is 5.92 Å². The lowest BCUT2D eigenvalue weighted by Gasteiger charge is -2.26. The van der Waals surface area contributed by atoms with Gasteiger partial charge in [0, 0.05) is 12.6 Å². The molecule has 0 saturated carbocycles. The number of carboxylic acid groups (broad SMARTS) is 1. The molecule has 0 aliphatic carbocycles. The van der Waals surface area contributed by atoms with E-state index < -0.39 is 24.0 Å². The minimum absolute atomic E-state index is 0.0173. The second kappa shape index (κ2) is 9.17. The van der Waals surface area contributed by atoms with E-state index in [9.17, 15) is 14.4 Å². The number of rotatable bonds is 8. The maximum absolute atomic E-state index is 12.0. The summed E-state index contributed by atoms with van der Waals surface area (Å²) in [6, 6.07) is -0.934. The van der Waals surface area contributed by atoms with Gasteiger partial charge in [-0.25, -0.2) is 4.79 Å². The molecule has 2 amide bonds. The second-order valence-corrected chi connectivity index (χ2v) is 4.72.